The number of halogens is 2. The zero-order valence-corrected chi connectivity index (χ0v) is 14.2. The molecule has 1 heterocycles. The SMILES string of the molecule is Fc1cnc(OCCc2ccccc2)nc1NCc1ccc(Cl)cc1. The molecule has 0 unspecified atom stereocenters. The van der Waals surface area contributed by atoms with Gasteiger partial charge >= 0.3 is 6.01 Å². The first-order chi connectivity index (χ1) is 12.2. The van der Waals surface area contributed by atoms with Crippen LogP contribution >= 0.6 is 11.6 Å². The summed E-state index contributed by atoms with van der Waals surface area (Å²) in [5, 5.41) is 3.61. The minimum absolute atomic E-state index is 0.111. The fourth-order valence-electron chi connectivity index (χ4n) is 2.24. The number of nitrogens with one attached hydrogen (secondary N) is 1. The quantitative estimate of drug-likeness (QED) is 0.676. The summed E-state index contributed by atoms with van der Waals surface area (Å²) >= 11 is 5.85. The maximum atomic E-state index is 13.9. The van der Waals surface area contributed by atoms with E-state index in [9.17, 15) is 4.39 Å². The van der Waals surface area contributed by atoms with Crippen LogP contribution in [0.3, 0.4) is 0 Å². The van der Waals surface area contributed by atoms with Crippen molar-refractivity contribution in [2.24, 2.45) is 0 Å². The molecule has 6 heteroatoms. The summed E-state index contributed by atoms with van der Waals surface area (Å²) in [6.45, 7) is 0.848. The van der Waals surface area contributed by atoms with Gasteiger partial charge in [-0.1, -0.05) is 54.1 Å². The third kappa shape index (κ3) is 5.16. The van der Waals surface area contributed by atoms with Gasteiger partial charge in [-0.3, -0.25) is 0 Å². The van der Waals surface area contributed by atoms with Gasteiger partial charge in [0.1, 0.15) is 0 Å². The molecule has 0 fully saturated rings. The van der Waals surface area contributed by atoms with Crippen molar-refractivity contribution < 1.29 is 9.13 Å². The monoisotopic (exact) mass is 357 g/mol. The number of nitrogens with zero attached hydrogens (tertiary/aromatic N) is 2. The molecule has 4 nitrogen and oxygen atoms in total. The van der Waals surface area contributed by atoms with E-state index < -0.39 is 5.82 Å². The van der Waals surface area contributed by atoms with Crippen molar-refractivity contribution in [3.63, 3.8) is 0 Å². The van der Waals surface area contributed by atoms with Crippen LogP contribution in [0.15, 0.2) is 60.8 Å². The van der Waals surface area contributed by atoms with Gasteiger partial charge in [0, 0.05) is 18.0 Å². The number of anilines is 1. The average molecular weight is 358 g/mol. The molecule has 0 radical (unpaired) electrons. The van der Waals surface area contributed by atoms with Crippen LogP contribution in [-0.4, -0.2) is 16.6 Å². The molecular weight excluding hydrogens is 341 g/mol. The molecule has 0 amide bonds. The predicted octanol–water partition coefficient (Wildman–Crippen LogP) is 4.50. The molecule has 0 aliphatic heterocycles. The molecule has 1 aromatic heterocycles. The van der Waals surface area contributed by atoms with E-state index in [0.717, 1.165) is 23.7 Å². The van der Waals surface area contributed by atoms with Crippen LogP contribution in [0, 0.1) is 5.82 Å². The first-order valence-corrected chi connectivity index (χ1v) is 8.26. The van der Waals surface area contributed by atoms with Crippen LogP contribution in [0.2, 0.25) is 5.02 Å². The van der Waals surface area contributed by atoms with Gasteiger partial charge in [0.25, 0.3) is 0 Å². The lowest BCUT2D eigenvalue weighted by molar-refractivity contribution is 0.295. The molecule has 25 heavy (non-hydrogen) atoms. The number of benzene rings is 2. The first kappa shape index (κ1) is 17.2. The van der Waals surface area contributed by atoms with Crippen molar-refractivity contribution in [3.8, 4) is 6.01 Å². The first-order valence-electron chi connectivity index (χ1n) is 7.88. The summed E-state index contributed by atoms with van der Waals surface area (Å²) in [4.78, 5) is 7.96. The van der Waals surface area contributed by atoms with Gasteiger partial charge in [-0.05, 0) is 23.3 Å². The number of hydrogen-bond acceptors (Lipinski definition) is 4. The van der Waals surface area contributed by atoms with Crippen molar-refractivity contribution in [3.05, 3.63) is 82.8 Å². The van der Waals surface area contributed by atoms with Crippen LogP contribution in [0.25, 0.3) is 0 Å². The van der Waals surface area contributed by atoms with Crippen molar-refractivity contribution >= 4 is 17.4 Å². The molecule has 3 rings (SSSR count). The highest BCUT2D eigenvalue weighted by molar-refractivity contribution is 6.30. The summed E-state index contributed by atoms with van der Waals surface area (Å²) in [7, 11) is 0. The molecule has 0 bridgehead atoms. The van der Waals surface area contributed by atoms with E-state index in [-0.39, 0.29) is 11.8 Å². The van der Waals surface area contributed by atoms with Crippen molar-refractivity contribution in [1.29, 1.82) is 0 Å². The lowest BCUT2D eigenvalue weighted by Gasteiger charge is -2.09. The Hall–Kier alpha value is -2.66. The summed E-state index contributed by atoms with van der Waals surface area (Å²) in [5.74, 6) is -0.413. The zero-order chi connectivity index (χ0) is 17.5. The van der Waals surface area contributed by atoms with E-state index in [1.54, 1.807) is 12.1 Å². The summed E-state index contributed by atoms with van der Waals surface area (Å²) in [6, 6.07) is 17.4. The minimum atomic E-state index is -0.524. The third-order valence-corrected chi connectivity index (χ3v) is 3.81. The molecule has 1 N–H and O–H groups in total. The Morgan fingerprint density at radius 3 is 2.52 bits per heavy atom. The Kier molecular flexibility index (Phi) is 5.80. The molecule has 2 aromatic carbocycles. The Morgan fingerprint density at radius 2 is 1.76 bits per heavy atom. The Labute approximate surface area is 150 Å². The van der Waals surface area contributed by atoms with Gasteiger partial charge in [-0.2, -0.15) is 4.98 Å². The molecular formula is C19H17ClFN3O. The standard InChI is InChI=1S/C19H17ClFN3O/c20-16-8-6-15(7-9-16)12-22-18-17(21)13-23-19(24-18)25-11-10-14-4-2-1-3-5-14/h1-9,13H,10-12H2,(H,22,23,24). The molecule has 0 saturated carbocycles. The van der Waals surface area contributed by atoms with Crippen molar-refractivity contribution in [2.45, 2.75) is 13.0 Å². The Bertz CT molecular complexity index is 813. The third-order valence-electron chi connectivity index (χ3n) is 3.56. The van der Waals surface area contributed by atoms with Crippen LogP contribution < -0.4 is 10.1 Å². The van der Waals surface area contributed by atoms with Crippen LogP contribution in [0.1, 0.15) is 11.1 Å². The lowest BCUT2D eigenvalue weighted by atomic mass is 10.2. The molecule has 3 aromatic rings. The molecule has 0 aliphatic rings. The van der Waals surface area contributed by atoms with Gasteiger partial charge in [-0.25, -0.2) is 9.37 Å². The predicted molar refractivity (Wildman–Crippen MR) is 96.4 cm³/mol. The second-order valence-electron chi connectivity index (χ2n) is 5.41. The fraction of sp³-hybridized carbons (Fsp3) is 0.158. The fourth-order valence-corrected chi connectivity index (χ4v) is 2.36. The largest absolute Gasteiger partial charge is 0.463 e. The highest BCUT2D eigenvalue weighted by atomic mass is 35.5. The highest BCUT2D eigenvalue weighted by Gasteiger charge is 2.08. The number of rotatable bonds is 7. The summed E-state index contributed by atoms with van der Waals surface area (Å²) < 4.78 is 19.4. The van der Waals surface area contributed by atoms with Gasteiger partial charge in [-0.15, -0.1) is 0 Å². The van der Waals surface area contributed by atoms with Crippen LogP contribution in [0.4, 0.5) is 10.2 Å². The summed E-state index contributed by atoms with van der Waals surface area (Å²) in [5.41, 5.74) is 2.12. The topological polar surface area (TPSA) is 47.0 Å². The van der Waals surface area contributed by atoms with Crippen molar-refractivity contribution in [2.75, 3.05) is 11.9 Å². The Morgan fingerprint density at radius 1 is 1.00 bits per heavy atom. The van der Waals surface area contributed by atoms with Crippen molar-refractivity contribution in [1.82, 2.24) is 9.97 Å². The van der Waals surface area contributed by atoms with Crippen LogP contribution in [-0.2, 0) is 13.0 Å². The van der Waals surface area contributed by atoms with E-state index in [2.05, 4.69) is 15.3 Å². The number of ether oxygens (including phenoxy) is 1. The maximum Gasteiger partial charge on any atom is 0.318 e. The van der Waals surface area contributed by atoms with E-state index in [0.29, 0.717) is 18.2 Å². The van der Waals surface area contributed by atoms with E-state index in [1.807, 2.05) is 42.5 Å². The Balaban J connectivity index is 1.57. The van der Waals surface area contributed by atoms with E-state index >= 15 is 0 Å². The van der Waals surface area contributed by atoms with Gasteiger partial charge in [0.2, 0.25) is 0 Å². The average Bonchev–Trinajstić information content (AvgIpc) is 2.64. The smallest absolute Gasteiger partial charge is 0.318 e. The number of aromatic nitrogens is 2. The second-order valence-corrected chi connectivity index (χ2v) is 5.85. The van der Waals surface area contributed by atoms with Crippen LogP contribution in [0.5, 0.6) is 6.01 Å². The minimum Gasteiger partial charge on any atom is -0.463 e. The molecule has 0 aliphatic carbocycles. The van der Waals surface area contributed by atoms with Gasteiger partial charge in [0.15, 0.2) is 11.6 Å². The van der Waals surface area contributed by atoms with Gasteiger partial charge in [0.05, 0.1) is 12.8 Å². The number of hydrogen-bond donors (Lipinski definition) is 1. The lowest BCUT2D eigenvalue weighted by Crippen LogP contribution is -2.08. The summed E-state index contributed by atoms with van der Waals surface area (Å²) in [6.07, 6.45) is 1.84. The van der Waals surface area contributed by atoms with Gasteiger partial charge < -0.3 is 10.1 Å². The zero-order valence-electron chi connectivity index (χ0n) is 13.5. The second kappa shape index (κ2) is 8.44. The maximum absolute atomic E-state index is 13.9. The molecule has 0 spiro atoms. The highest BCUT2D eigenvalue weighted by Crippen LogP contribution is 2.16. The van der Waals surface area contributed by atoms with E-state index in [1.165, 1.54) is 0 Å². The molecule has 0 saturated heterocycles. The molecule has 0 atom stereocenters. The molecule has 128 valence electrons. The van der Waals surface area contributed by atoms with E-state index in [4.69, 9.17) is 16.3 Å². The normalized spacial score (nSPS) is 10.5.